The first-order valence-corrected chi connectivity index (χ1v) is 11.0. The van der Waals surface area contributed by atoms with Crippen molar-refractivity contribution in [3.8, 4) is 0 Å². The van der Waals surface area contributed by atoms with Gasteiger partial charge in [-0.2, -0.15) is 0 Å². The summed E-state index contributed by atoms with van der Waals surface area (Å²) < 4.78 is 34.3. The van der Waals surface area contributed by atoms with Crippen molar-refractivity contribution in [1.82, 2.24) is 0 Å². The number of hydrogen-bond donors (Lipinski definition) is 0. The molecule has 0 saturated heterocycles. The first kappa shape index (κ1) is 25.1. The van der Waals surface area contributed by atoms with Crippen LogP contribution >= 0.6 is 0 Å². The molecule has 1 rings (SSSR count). The van der Waals surface area contributed by atoms with Crippen molar-refractivity contribution in [1.29, 1.82) is 0 Å². The van der Waals surface area contributed by atoms with Gasteiger partial charge in [-0.25, -0.2) is 8.42 Å². The molecule has 0 aliphatic rings. The second kappa shape index (κ2) is 14.2. The Labute approximate surface area is 177 Å². The summed E-state index contributed by atoms with van der Waals surface area (Å²) in [7, 11) is -4.38. The Morgan fingerprint density at radius 3 is 1.84 bits per heavy atom. The van der Waals surface area contributed by atoms with Crippen LogP contribution in [0.4, 0.5) is 0 Å². The third kappa shape index (κ3) is 10.1. The van der Waals surface area contributed by atoms with Gasteiger partial charge in [-0.05, 0) is 36.5 Å². The molecule has 0 radical (unpaired) electrons. The van der Waals surface area contributed by atoms with E-state index in [1.165, 1.54) is 57.4 Å². The molecule has 0 atom stereocenters. The van der Waals surface area contributed by atoms with Gasteiger partial charge >= 0.3 is 29.6 Å². The van der Waals surface area contributed by atoms with E-state index in [4.69, 9.17) is 0 Å². The number of benzene rings is 1. The van der Waals surface area contributed by atoms with Gasteiger partial charge < -0.3 is 4.55 Å². The molecule has 25 heavy (non-hydrogen) atoms. The van der Waals surface area contributed by atoms with E-state index in [0.29, 0.717) is 6.42 Å². The van der Waals surface area contributed by atoms with Crippen LogP contribution in [0.1, 0.15) is 89.2 Å². The van der Waals surface area contributed by atoms with E-state index in [1.807, 2.05) is 13.0 Å². The van der Waals surface area contributed by atoms with Crippen LogP contribution in [0.15, 0.2) is 23.1 Å². The Hall–Kier alpha value is 0.130. The molecule has 0 heterocycles. The molecule has 0 N–H and O–H groups in total. The Balaban J connectivity index is 0.00000576. The molecule has 0 spiro atoms. The molecule has 1 aromatic carbocycles. The van der Waals surface area contributed by atoms with Crippen molar-refractivity contribution in [2.24, 2.45) is 0 Å². The van der Waals surface area contributed by atoms with E-state index in [2.05, 4.69) is 6.92 Å². The van der Waals surface area contributed by atoms with Gasteiger partial charge in [-0.15, -0.1) is 0 Å². The topological polar surface area (TPSA) is 57.2 Å². The van der Waals surface area contributed by atoms with Gasteiger partial charge in [0.15, 0.2) is 0 Å². The van der Waals surface area contributed by atoms with Crippen molar-refractivity contribution in [2.75, 3.05) is 0 Å². The molecule has 1 aromatic rings. The molecule has 0 unspecified atom stereocenters. The molecule has 0 aliphatic carbocycles. The quantitative estimate of drug-likeness (QED) is 0.302. The Kier molecular flexibility index (Phi) is 14.3. The summed E-state index contributed by atoms with van der Waals surface area (Å²) in [6, 6.07) is 5.05. The van der Waals surface area contributed by atoms with Gasteiger partial charge in [0.25, 0.3) is 0 Å². The van der Waals surface area contributed by atoms with E-state index in [-0.39, 0.29) is 34.5 Å². The average molecular weight is 377 g/mol. The maximum Gasteiger partial charge on any atom is 1.00 e. The fourth-order valence-electron chi connectivity index (χ4n) is 3.25. The molecular formula is C20H33NaO3S. The van der Waals surface area contributed by atoms with Gasteiger partial charge in [0.1, 0.15) is 10.1 Å². The smallest absolute Gasteiger partial charge is 0.744 e. The normalized spacial score (nSPS) is 11.3. The van der Waals surface area contributed by atoms with Crippen LogP contribution in [0.25, 0.3) is 0 Å². The molecule has 0 aromatic heterocycles. The van der Waals surface area contributed by atoms with Crippen molar-refractivity contribution in [3.05, 3.63) is 29.3 Å². The summed E-state index contributed by atoms with van der Waals surface area (Å²) in [5.74, 6) is 0. The van der Waals surface area contributed by atoms with Crippen molar-refractivity contribution in [2.45, 2.75) is 95.8 Å². The van der Waals surface area contributed by atoms with Crippen LogP contribution in [0.5, 0.6) is 0 Å². The van der Waals surface area contributed by atoms with Crippen LogP contribution in [0.2, 0.25) is 0 Å². The van der Waals surface area contributed by atoms with Crippen molar-refractivity contribution in [3.63, 3.8) is 0 Å². The largest absolute Gasteiger partial charge is 1.00 e. The van der Waals surface area contributed by atoms with E-state index < -0.39 is 10.1 Å². The molecule has 0 saturated carbocycles. The molecule has 0 bridgehead atoms. The standard InChI is InChI=1S/C20H34O3S.Na/c1-3-5-6-7-8-9-10-11-12-13-16-19-18(4-2)15-14-17-20(19)24(21,22)23;/h14-15,17H,3-13,16H2,1-2H3,(H,21,22,23);/q;+1/p-1. The number of rotatable bonds is 13. The SMILES string of the molecule is CCCCCCCCCCCCc1c(CC)cccc1S(=O)(=O)[O-].[Na+]. The molecule has 3 nitrogen and oxygen atoms in total. The predicted molar refractivity (Wildman–Crippen MR) is 99.3 cm³/mol. The fraction of sp³-hybridized carbons (Fsp3) is 0.700. The third-order valence-electron chi connectivity index (χ3n) is 4.66. The summed E-state index contributed by atoms with van der Waals surface area (Å²) in [5, 5.41) is 0. The average Bonchev–Trinajstić information content (AvgIpc) is 2.55. The second-order valence-corrected chi connectivity index (χ2v) is 7.98. The Morgan fingerprint density at radius 1 is 0.840 bits per heavy atom. The van der Waals surface area contributed by atoms with Gasteiger partial charge in [0.05, 0.1) is 4.90 Å². The van der Waals surface area contributed by atoms with Crippen LogP contribution in [-0.2, 0) is 23.0 Å². The molecular weight excluding hydrogens is 343 g/mol. The second-order valence-electron chi connectivity index (χ2n) is 6.63. The number of unbranched alkanes of at least 4 members (excludes halogenated alkanes) is 9. The fourth-order valence-corrected chi connectivity index (χ4v) is 4.03. The minimum atomic E-state index is -4.38. The summed E-state index contributed by atoms with van der Waals surface area (Å²) in [5.41, 5.74) is 1.73. The summed E-state index contributed by atoms with van der Waals surface area (Å²) >= 11 is 0. The van der Waals surface area contributed by atoms with Gasteiger partial charge in [0, 0.05) is 0 Å². The minimum Gasteiger partial charge on any atom is -0.744 e. The zero-order valence-corrected chi connectivity index (χ0v) is 19.2. The summed E-state index contributed by atoms with van der Waals surface area (Å²) in [4.78, 5) is -0.0159. The first-order chi connectivity index (χ1) is 11.5. The van der Waals surface area contributed by atoms with Crippen LogP contribution in [-0.4, -0.2) is 13.0 Å². The number of aryl methyl sites for hydroxylation is 1. The van der Waals surface area contributed by atoms with E-state index >= 15 is 0 Å². The summed E-state index contributed by atoms with van der Waals surface area (Å²) in [6.07, 6.45) is 13.9. The van der Waals surface area contributed by atoms with Crippen LogP contribution in [0.3, 0.4) is 0 Å². The van der Waals surface area contributed by atoms with Gasteiger partial charge in [-0.3, -0.25) is 0 Å². The van der Waals surface area contributed by atoms with E-state index in [1.54, 1.807) is 6.07 Å². The van der Waals surface area contributed by atoms with Gasteiger partial charge in [-0.1, -0.05) is 83.8 Å². The first-order valence-electron chi connectivity index (χ1n) is 9.57. The molecule has 138 valence electrons. The van der Waals surface area contributed by atoms with Gasteiger partial charge in [0.2, 0.25) is 0 Å². The van der Waals surface area contributed by atoms with E-state index in [0.717, 1.165) is 30.4 Å². The predicted octanol–water partition coefficient (Wildman–Crippen LogP) is 2.62. The van der Waals surface area contributed by atoms with E-state index in [9.17, 15) is 13.0 Å². The maximum atomic E-state index is 11.4. The van der Waals surface area contributed by atoms with Crippen LogP contribution < -0.4 is 29.6 Å². The van der Waals surface area contributed by atoms with Crippen LogP contribution in [0, 0.1) is 0 Å². The van der Waals surface area contributed by atoms with Crippen molar-refractivity contribution >= 4 is 10.1 Å². The minimum absolute atomic E-state index is 0. The summed E-state index contributed by atoms with van der Waals surface area (Å²) in [6.45, 7) is 4.23. The zero-order chi connectivity index (χ0) is 17.8. The zero-order valence-electron chi connectivity index (χ0n) is 16.4. The Bertz CT molecular complexity index is 570. The third-order valence-corrected chi connectivity index (χ3v) is 5.58. The molecule has 5 heteroatoms. The molecule has 0 fully saturated rings. The maximum absolute atomic E-state index is 11.4. The Morgan fingerprint density at radius 2 is 1.36 bits per heavy atom. The molecule has 0 amide bonds. The monoisotopic (exact) mass is 376 g/mol. The van der Waals surface area contributed by atoms with Crippen molar-refractivity contribution < 1.29 is 42.5 Å². The number of hydrogen-bond acceptors (Lipinski definition) is 3. The molecule has 0 aliphatic heterocycles.